The maximum absolute atomic E-state index is 12.8. The standard InChI is InChI=1S/C15H9ClF3N5O3/c16-10-3-1-8(5-11(10)24(26)27)14(25)20-6-13-22-21-12-4-2-9(7-23(12)13)15(17,18)19/h1-5,7H,6H2,(H,20,25). The number of halogens is 4. The van der Waals surface area contributed by atoms with Crippen LogP contribution in [0.1, 0.15) is 21.7 Å². The molecular weight excluding hydrogens is 391 g/mol. The van der Waals surface area contributed by atoms with Crippen LogP contribution in [0.5, 0.6) is 0 Å². The molecule has 1 N–H and O–H groups in total. The highest BCUT2D eigenvalue weighted by atomic mass is 35.5. The smallest absolute Gasteiger partial charge is 0.345 e. The van der Waals surface area contributed by atoms with Crippen LogP contribution in [0.15, 0.2) is 36.5 Å². The van der Waals surface area contributed by atoms with Gasteiger partial charge in [0, 0.05) is 17.8 Å². The molecule has 0 unspecified atom stereocenters. The van der Waals surface area contributed by atoms with Gasteiger partial charge >= 0.3 is 6.18 Å². The van der Waals surface area contributed by atoms with E-state index in [1.807, 2.05) is 0 Å². The fraction of sp³-hybridized carbons (Fsp3) is 0.133. The second kappa shape index (κ2) is 6.83. The predicted octanol–water partition coefficient (Wildman–Crippen LogP) is 3.24. The summed E-state index contributed by atoms with van der Waals surface area (Å²) >= 11 is 5.68. The molecule has 0 aliphatic carbocycles. The molecule has 3 aromatic rings. The number of hydrogen-bond acceptors (Lipinski definition) is 5. The van der Waals surface area contributed by atoms with Gasteiger partial charge in [0.05, 0.1) is 17.0 Å². The molecule has 0 fully saturated rings. The van der Waals surface area contributed by atoms with Gasteiger partial charge in [0.15, 0.2) is 11.5 Å². The van der Waals surface area contributed by atoms with Gasteiger partial charge in [-0.05, 0) is 24.3 Å². The summed E-state index contributed by atoms with van der Waals surface area (Å²) < 4.78 is 39.6. The fourth-order valence-electron chi connectivity index (χ4n) is 2.28. The zero-order valence-corrected chi connectivity index (χ0v) is 14.0. The zero-order valence-electron chi connectivity index (χ0n) is 13.2. The molecule has 27 heavy (non-hydrogen) atoms. The second-order valence-electron chi connectivity index (χ2n) is 5.37. The second-order valence-corrected chi connectivity index (χ2v) is 5.77. The van der Waals surface area contributed by atoms with Gasteiger partial charge in [-0.2, -0.15) is 13.2 Å². The summed E-state index contributed by atoms with van der Waals surface area (Å²) in [7, 11) is 0. The Morgan fingerprint density at radius 1 is 1.26 bits per heavy atom. The van der Waals surface area contributed by atoms with Crippen LogP contribution in [-0.2, 0) is 12.7 Å². The highest BCUT2D eigenvalue weighted by Gasteiger charge is 2.31. The first-order chi connectivity index (χ1) is 12.7. The summed E-state index contributed by atoms with van der Waals surface area (Å²) in [5.41, 5.74) is -1.19. The minimum atomic E-state index is -4.54. The molecular formula is C15H9ClF3N5O3. The van der Waals surface area contributed by atoms with E-state index < -0.39 is 28.3 Å². The van der Waals surface area contributed by atoms with E-state index in [9.17, 15) is 28.1 Å². The number of carbonyl (C=O) groups excluding carboxylic acids is 1. The molecule has 0 radical (unpaired) electrons. The Kier molecular flexibility index (Phi) is 4.70. The molecule has 0 saturated heterocycles. The topological polar surface area (TPSA) is 102 Å². The Morgan fingerprint density at radius 3 is 2.67 bits per heavy atom. The maximum atomic E-state index is 12.8. The minimum absolute atomic E-state index is 0.0316. The van der Waals surface area contributed by atoms with Crippen molar-refractivity contribution in [3.63, 3.8) is 0 Å². The third-order valence-electron chi connectivity index (χ3n) is 3.61. The Morgan fingerprint density at radius 2 is 2.00 bits per heavy atom. The fourth-order valence-corrected chi connectivity index (χ4v) is 2.47. The molecule has 1 amide bonds. The Labute approximate surface area is 153 Å². The van der Waals surface area contributed by atoms with Crippen molar-refractivity contribution in [1.82, 2.24) is 19.9 Å². The molecule has 8 nitrogen and oxygen atoms in total. The third kappa shape index (κ3) is 3.82. The number of benzene rings is 1. The first-order valence-electron chi connectivity index (χ1n) is 7.30. The number of fused-ring (bicyclic) bond motifs is 1. The van der Waals surface area contributed by atoms with Gasteiger partial charge in [0.25, 0.3) is 11.6 Å². The molecule has 2 aromatic heterocycles. The maximum Gasteiger partial charge on any atom is 0.417 e. The number of rotatable bonds is 4. The number of hydrogen-bond donors (Lipinski definition) is 1. The molecule has 1 aromatic carbocycles. The van der Waals surface area contributed by atoms with Gasteiger partial charge in [-0.3, -0.25) is 19.3 Å². The Hall–Kier alpha value is -3.21. The summed E-state index contributed by atoms with van der Waals surface area (Å²) in [5.74, 6) is -0.619. The van der Waals surface area contributed by atoms with Crippen molar-refractivity contribution in [2.24, 2.45) is 0 Å². The zero-order chi connectivity index (χ0) is 19.8. The molecule has 0 bridgehead atoms. The lowest BCUT2D eigenvalue weighted by molar-refractivity contribution is -0.384. The molecule has 0 saturated carbocycles. The lowest BCUT2D eigenvalue weighted by atomic mass is 10.2. The van der Waals surface area contributed by atoms with Crippen LogP contribution in [0.2, 0.25) is 5.02 Å². The summed E-state index contributed by atoms with van der Waals surface area (Å²) in [6, 6.07) is 5.52. The number of amides is 1. The Balaban J connectivity index is 1.81. The van der Waals surface area contributed by atoms with Crippen molar-refractivity contribution in [2.45, 2.75) is 12.7 Å². The summed E-state index contributed by atoms with van der Waals surface area (Å²) in [4.78, 5) is 22.3. The average molecular weight is 400 g/mol. The molecule has 3 rings (SSSR count). The molecule has 0 atom stereocenters. The van der Waals surface area contributed by atoms with Crippen LogP contribution in [0.4, 0.5) is 18.9 Å². The van der Waals surface area contributed by atoms with Gasteiger partial charge < -0.3 is 5.32 Å². The van der Waals surface area contributed by atoms with Gasteiger partial charge in [-0.15, -0.1) is 10.2 Å². The number of nitrogens with one attached hydrogen (secondary N) is 1. The van der Waals surface area contributed by atoms with Crippen molar-refractivity contribution < 1.29 is 22.9 Å². The van der Waals surface area contributed by atoms with Gasteiger partial charge in [0.2, 0.25) is 0 Å². The number of pyridine rings is 1. The SMILES string of the molecule is O=C(NCc1nnc2ccc(C(F)(F)F)cn12)c1ccc(Cl)c([N+](=O)[O-])c1. The Bertz CT molecular complexity index is 1050. The van der Waals surface area contributed by atoms with Gasteiger partial charge in [0.1, 0.15) is 5.02 Å². The van der Waals surface area contributed by atoms with E-state index in [1.165, 1.54) is 12.1 Å². The average Bonchev–Trinajstić information content (AvgIpc) is 3.01. The number of nitro benzene ring substituents is 1. The first kappa shape index (κ1) is 18.6. The van der Waals surface area contributed by atoms with Gasteiger partial charge in [-0.25, -0.2) is 0 Å². The van der Waals surface area contributed by atoms with Crippen LogP contribution in [0.3, 0.4) is 0 Å². The number of nitro groups is 1. The van der Waals surface area contributed by atoms with Crippen LogP contribution in [-0.4, -0.2) is 25.4 Å². The third-order valence-corrected chi connectivity index (χ3v) is 3.93. The van der Waals surface area contributed by atoms with Crippen molar-refractivity contribution in [3.8, 4) is 0 Å². The molecule has 140 valence electrons. The lowest BCUT2D eigenvalue weighted by Crippen LogP contribution is -2.24. The van der Waals surface area contributed by atoms with Crippen molar-refractivity contribution in [2.75, 3.05) is 0 Å². The molecule has 12 heteroatoms. The monoisotopic (exact) mass is 399 g/mol. The van der Waals surface area contributed by atoms with E-state index in [0.29, 0.717) is 0 Å². The minimum Gasteiger partial charge on any atom is -0.345 e. The lowest BCUT2D eigenvalue weighted by Gasteiger charge is -2.08. The molecule has 2 heterocycles. The summed E-state index contributed by atoms with van der Waals surface area (Å²) in [6.07, 6.45) is -3.72. The highest BCUT2D eigenvalue weighted by Crippen LogP contribution is 2.29. The van der Waals surface area contributed by atoms with E-state index in [0.717, 1.165) is 28.8 Å². The predicted molar refractivity (Wildman–Crippen MR) is 87.3 cm³/mol. The van der Waals surface area contributed by atoms with Crippen molar-refractivity contribution in [1.29, 1.82) is 0 Å². The quantitative estimate of drug-likeness (QED) is 0.536. The van der Waals surface area contributed by atoms with Crippen LogP contribution in [0, 0.1) is 10.1 Å². The summed E-state index contributed by atoms with van der Waals surface area (Å²) in [5, 5.41) is 20.7. The van der Waals surface area contributed by atoms with Crippen LogP contribution in [0.25, 0.3) is 5.65 Å². The number of aromatic nitrogens is 3. The first-order valence-corrected chi connectivity index (χ1v) is 7.67. The van der Waals surface area contributed by atoms with E-state index in [4.69, 9.17) is 11.6 Å². The van der Waals surface area contributed by atoms with Gasteiger partial charge in [-0.1, -0.05) is 11.6 Å². The van der Waals surface area contributed by atoms with E-state index in [2.05, 4.69) is 15.5 Å². The number of nitrogens with zero attached hydrogens (tertiary/aromatic N) is 4. The van der Waals surface area contributed by atoms with Crippen molar-refractivity contribution in [3.05, 3.63) is 68.6 Å². The van der Waals surface area contributed by atoms with E-state index >= 15 is 0 Å². The normalized spacial score (nSPS) is 11.6. The van der Waals surface area contributed by atoms with E-state index in [-0.39, 0.29) is 28.6 Å². The molecule has 0 aliphatic heterocycles. The molecule has 0 spiro atoms. The van der Waals surface area contributed by atoms with Crippen LogP contribution >= 0.6 is 11.6 Å². The largest absolute Gasteiger partial charge is 0.417 e. The van der Waals surface area contributed by atoms with E-state index in [1.54, 1.807) is 0 Å². The number of alkyl halides is 3. The van der Waals surface area contributed by atoms with Crippen LogP contribution < -0.4 is 5.32 Å². The summed E-state index contributed by atoms with van der Waals surface area (Å²) in [6.45, 7) is -0.238. The number of carbonyl (C=O) groups is 1. The van der Waals surface area contributed by atoms with Crippen molar-refractivity contribution >= 4 is 28.8 Å². The molecule has 0 aliphatic rings. The highest BCUT2D eigenvalue weighted by molar-refractivity contribution is 6.32.